The Kier molecular flexibility index (Phi) is 14.1. The number of benzene rings is 16. The summed E-state index contributed by atoms with van der Waals surface area (Å²) >= 11 is 3.47. The minimum Gasteiger partial charge on any atom is -0.456 e. The topological polar surface area (TPSA) is 66.7 Å². The highest BCUT2D eigenvalue weighted by molar-refractivity contribution is 9.10. The van der Waals surface area contributed by atoms with Gasteiger partial charge >= 0.3 is 7.12 Å². The number of hydrogen-bond acceptors (Lipinski definition) is 4. The van der Waals surface area contributed by atoms with Crippen molar-refractivity contribution in [3.63, 3.8) is 0 Å². The molecule has 4 nitrogen and oxygen atoms in total. The van der Waals surface area contributed by atoms with Crippen molar-refractivity contribution in [2.45, 2.75) is 13.8 Å². The maximum Gasteiger partial charge on any atom is 0.489 e. The van der Waals surface area contributed by atoms with Gasteiger partial charge in [-0.1, -0.05) is 266 Å². The maximum atomic E-state index is 10.1. The highest BCUT2D eigenvalue weighted by Gasteiger charge is 2.24. The van der Waals surface area contributed by atoms with Crippen LogP contribution < -0.4 is 5.46 Å². The Hall–Kier alpha value is -10.3. The molecular weight excluding hydrogens is 1140 g/mol. The monoisotopic (exact) mass is 1190 g/mol. The van der Waals surface area contributed by atoms with E-state index in [1.165, 1.54) is 92.1 Å². The molecule has 0 saturated carbocycles. The number of fused-ring (bicyclic) bond motifs is 14. The molecule has 418 valence electrons. The molecule has 18 rings (SSSR count). The molecule has 0 aliphatic heterocycles. The van der Waals surface area contributed by atoms with Crippen molar-refractivity contribution >= 4 is 159 Å². The molecule has 0 atom stereocenters. The molecule has 0 saturated heterocycles. The van der Waals surface area contributed by atoms with Gasteiger partial charge in [0.25, 0.3) is 0 Å². The molecule has 88 heavy (non-hydrogen) atoms. The third-order valence-electron chi connectivity index (χ3n) is 17.2. The zero-order chi connectivity index (χ0) is 59.4. The van der Waals surface area contributed by atoms with Gasteiger partial charge in [0.1, 0.15) is 22.3 Å². The second kappa shape index (κ2) is 22.8. The van der Waals surface area contributed by atoms with Crippen LogP contribution in [0.2, 0.25) is 0 Å². The van der Waals surface area contributed by atoms with E-state index in [2.05, 4.69) is 246 Å². The predicted octanol–water partition coefficient (Wildman–Crippen LogP) is 22.6. The summed E-state index contributed by atoms with van der Waals surface area (Å²) in [5.41, 5.74) is 11.5. The zero-order valence-electron chi connectivity index (χ0n) is 48.4. The van der Waals surface area contributed by atoms with Crippen molar-refractivity contribution in [2.75, 3.05) is 0 Å². The number of halogens is 1. The zero-order valence-corrected chi connectivity index (χ0v) is 50.0. The summed E-state index contributed by atoms with van der Waals surface area (Å²) < 4.78 is 13.4. The number of furan rings is 2. The quantitative estimate of drug-likeness (QED) is 0.136. The van der Waals surface area contributed by atoms with Gasteiger partial charge in [-0.2, -0.15) is 0 Å². The summed E-state index contributed by atoms with van der Waals surface area (Å²) in [6.07, 6.45) is 0. The van der Waals surface area contributed by atoms with Crippen LogP contribution >= 0.6 is 15.9 Å². The van der Waals surface area contributed by atoms with Crippen LogP contribution in [-0.4, -0.2) is 17.2 Å². The molecule has 0 aliphatic carbocycles. The fourth-order valence-electron chi connectivity index (χ4n) is 13.4. The number of hydrogen-bond donors (Lipinski definition) is 2. The second-order valence-electron chi connectivity index (χ2n) is 22.1. The fourth-order valence-corrected chi connectivity index (χ4v) is 13.7. The average molecular weight is 1200 g/mol. The smallest absolute Gasteiger partial charge is 0.456 e. The fraction of sp³-hybridized carbons (Fsp3) is 0.0244. The first-order chi connectivity index (χ1) is 43.4. The van der Waals surface area contributed by atoms with Crippen LogP contribution in [0.4, 0.5) is 0 Å². The van der Waals surface area contributed by atoms with Crippen molar-refractivity contribution < 1.29 is 18.9 Å². The molecule has 0 aliphatic rings. The SMILES string of the molecule is Brc1ccc2c(c1)oc1cc3ccccc3cc12.CC.OB(O)c1c2ccccc2c(-c2cccc3ccccc23)c2ccccc12.c1ccc2cc3c(cc2c1)oc1cc(-c2c4ccccc4c(-c4cccc5ccccc45)c4ccccc24)ccc13. The summed E-state index contributed by atoms with van der Waals surface area (Å²) in [5.74, 6) is 0. The summed E-state index contributed by atoms with van der Waals surface area (Å²) in [5, 5.41) is 43.4. The van der Waals surface area contributed by atoms with Crippen molar-refractivity contribution in [1.82, 2.24) is 0 Å². The summed E-state index contributed by atoms with van der Waals surface area (Å²) in [4.78, 5) is 0. The predicted molar refractivity (Wildman–Crippen MR) is 379 cm³/mol. The molecule has 16 aromatic carbocycles. The first-order valence-electron chi connectivity index (χ1n) is 30.0. The highest BCUT2D eigenvalue weighted by Crippen LogP contribution is 2.47. The Morgan fingerprint density at radius 2 is 0.580 bits per heavy atom. The standard InChI is InChI=1S/C40H24O.C24H17BO2.C16H9BrO.C2H6/c1-2-12-27-23-38-36(22-26(27)11-1)30-21-20-28(24-37(30)41-38)39-32-15-5-7-17-34(32)40(35-18-8-6-16-33(35)39)31-19-9-13-25-10-3-4-14-29(25)31;26-25(27)24-21-13-5-3-11-19(21)23(20-12-4-6-14-22(20)24)18-15-7-9-16-8-1-2-10-17(16)18;17-12-5-6-13-14-7-10-3-1-2-4-11(10)8-15(14)18-16(13)9-12;1-2/h1-24H;1-15,26-27H;1-9H;1-2H3. The van der Waals surface area contributed by atoms with E-state index in [1.807, 2.05) is 74.5 Å². The molecule has 2 heterocycles. The van der Waals surface area contributed by atoms with Gasteiger partial charge in [0.05, 0.1) is 0 Å². The van der Waals surface area contributed by atoms with E-state index in [1.54, 1.807) is 0 Å². The third-order valence-corrected chi connectivity index (χ3v) is 17.7. The van der Waals surface area contributed by atoms with Crippen molar-refractivity contribution in [2.24, 2.45) is 0 Å². The summed E-state index contributed by atoms with van der Waals surface area (Å²) in [7, 11) is -1.53. The molecule has 0 spiro atoms. The van der Waals surface area contributed by atoms with Gasteiger partial charge in [-0.3, -0.25) is 0 Å². The van der Waals surface area contributed by atoms with Crippen LogP contribution in [0, 0.1) is 0 Å². The Morgan fingerprint density at radius 3 is 1.01 bits per heavy atom. The minimum atomic E-state index is -1.53. The Bertz CT molecular complexity index is 5620. The van der Waals surface area contributed by atoms with E-state index in [-0.39, 0.29) is 0 Å². The van der Waals surface area contributed by atoms with Crippen LogP contribution in [0.15, 0.2) is 304 Å². The largest absolute Gasteiger partial charge is 0.489 e. The third kappa shape index (κ3) is 9.42. The first-order valence-corrected chi connectivity index (χ1v) is 30.7. The highest BCUT2D eigenvalue weighted by atomic mass is 79.9. The van der Waals surface area contributed by atoms with Gasteiger partial charge in [0.2, 0.25) is 0 Å². The molecular formula is C82H56BBrO4. The van der Waals surface area contributed by atoms with E-state index in [0.717, 1.165) is 75.8 Å². The first kappa shape index (κ1) is 54.3. The summed E-state index contributed by atoms with van der Waals surface area (Å²) in [6, 6.07) is 102. The van der Waals surface area contributed by atoms with Gasteiger partial charge in [-0.15, -0.1) is 0 Å². The lowest BCUT2D eigenvalue weighted by atomic mass is 9.72. The lowest BCUT2D eigenvalue weighted by Crippen LogP contribution is -2.31. The normalized spacial score (nSPS) is 11.5. The molecule has 2 aromatic heterocycles. The van der Waals surface area contributed by atoms with Crippen LogP contribution in [0.3, 0.4) is 0 Å². The van der Waals surface area contributed by atoms with Gasteiger partial charge in [-0.25, -0.2) is 0 Å². The van der Waals surface area contributed by atoms with Gasteiger partial charge in [-0.05, 0) is 180 Å². The Balaban J connectivity index is 0.000000119. The maximum absolute atomic E-state index is 10.1. The van der Waals surface area contributed by atoms with Crippen molar-refractivity contribution in [3.8, 4) is 33.4 Å². The van der Waals surface area contributed by atoms with Gasteiger partial charge < -0.3 is 18.9 Å². The van der Waals surface area contributed by atoms with Crippen LogP contribution in [0.5, 0.6) is 0 Å². The van der Waals surface area contributed by atoms with Gasteiger partial charge in [0, 0.05) is 26.0 Å². The molecule has 6 heteroatoms. The number of rotatable bonds is 4. The van der Waals surface area contributed by atoms with E-state index < -0.39 is 7.12 Å². The Morgan fingerprint density at radius 1 is 0.261 bits per heavy atom. The molecule has 0 unspecified atom stereocenters. The van der Waals surface area contributed by atoms with E-state index >= 15 is 0 Å². The van der Waals surface area contributed by atoms with E-state index in [4.69, 9.17) is 8.83 Å². The van der Waals surface area contributed by atoms with Crippen molar-refractivity contribution in [1.29, 1.82) is 0 Å². The molecule has 2 N–H and O–H groups in total. The van der Waals surface area contributed by atoms with E-state index in [0.29, 0.717) is 5.46 Å². The van der Waals surface area contributed by atoms with Gasteiger partial charge in [0.15, 0.2) is 0 Å². The lowest BCUT2D eigenvalue weighted by molar-refractivity contribution is 0.426. The molecule has 0 radical (unpaired) electrons. The molecule has 0 fully saturated rings. The van der Waals surface area contributed by atoms with Crippen LogP contribution in [0.1, 0.15) is 13.8 Å². The lowest BCUT2D eigenvalue weighted by Gasteiger charge is -2.18. The molecule has 0 amide bonds. The Labute approximate surface area is 517 Å². The summed E-state index contributed by atoms with van der Waals surface area (Å²) in [6.45, 7) is 4.00. The molecule has 18 aromatic rings. The van der Waals surface area contributed by atoms with Crippen LogP contribution in [-0.2, 0) is 0 Å². The molecule has 0 bridgehead atoms. The van der Waals surface area contributed by atoms with E-state index in [9.17, 15) is 10.0 Å². The average Bonchev–Trinajstić information content (AvgIpc) is 1.49. The second-order valence-corrected chi connectivity index (χ2v) is 23.0. The van der Waals surface area contributed by atoms with Crippen molar-refractivity contribution in [3.05, 3.63) is 296 Å². The minimum absolute atomic E-state index is 0.560. The van der Waals surface area contributed by atoms with Crippen LogP contribution in [0.25, 0.3) is 163 Å².